The fraction of sp³-hybridized carbons (Fsp3) is 0.462. The summed E-state index contributed by atoms with van der Waals surface area (Å²) in [4.78, 5) is 27.5. The van der Waals surface area contributed by atoms with E-state index < -0.39 is 0 Å². The molecule has 0 spiro atoms. The van der Waals surface area contributed by atoms with E-state index in [1.807, 2.05) is 61.0 Å². The molecule has 0 heterocycles. The first-order chi connectivity index (χ1) is 16.1. The van der Waals surface area contributed by atoms with E-state index in [-0.39, 0.29) is 28.9 Å². The molecule has 34 heavy (non-hydrogen) atoms. The fourth-order valence-electron chi connectivity index (χ4n) is 5.09. The lowest BCUT2D eigenvalue weighted by molar-refractivity contribution is 0.0761. The van der Waals surface area contributed by atoms with Gasteiger partial charge in [0.2, 0.25) is 0 Å². The van der Waals surface area contributed by atoms with Crippen LogP contribution in [0.2, 0.25) is 0 Å². The second-order valence-electron chi connectivity index (χ2n) is 10.1. The number of hydrogen-bond donors (Lipinski definition) is 4. The SMILES string of the molecule is CSc1cccc(NC(=O)NC[C@]2(C)C[C@H](NC(=O)Nc3cccc(SC)c3)CC(C)(C)C2)c1. The molecule has 2 aromatic rings. The molecule has 3 rings (SSSR count). The minimum atomic E-state index is -0.209. The van der Waals surface area contributed by atoms with E-state index in [9.17, 15) is 9.59 Å². The third-order valence-corrected chi connectivity index (χ3v) is 7.56. The van der Waals surface area contributed by atoms with Gasteiger partial charge in [0, 0.05) is 33.8 Å². The molecular formula is C26H36N4O2S2. The Kier molecular flexibility index (Phi) is 8.82. The Labute approximate surface area is 211 Å². The summed E-state index contributed by atoms with van der Waals surface area (Å²) in [6.45, 7) is 7.19. The Hall–Kier alpha value is -2.32. The summed E-state index contributed by atoms with van der Waals surface area (Å²) in [6.07, 6.45) is 6.69. The highest BCUT2D eigenvalue weighted by Gasteiger charge is 2.41. The first-order valence-corrected chi connectivity index (χ1v) is 14.0. The highest BCUT2D eigenvalue weighted by atomic mass is 32.2. The molecular weight excluding hydrogens is 464 g/mol. The zero-order valence-corrected chi connectivity index (χ0v) is 22.3. The fourth-order valence-corrected chi connectivity index (χ4v) is 6.01. The predicted molar refractivity (Wildman–Crippen MR) is 145 cm³/mol. The number of carbonyl (C=O) groups is 2. The van der Waals surface area contributed by atoms with E-state index in [0.29, 0.717) is 6.54 Å². The number of anilines is 2. The van der Waals surface area contributed by atoms with Gasteiger partial charge in [-0.05, 0) is 79.0 Å². The van der Waals surface area contributed by atoms with Crippen LogP contribution in [0.15, 0.2) is 58.3 Å². The summed E-state index contributed by atoms with van der Waals surface area (Å²) in [5, 5.41) is 12.1. The predicted octanol–water partition coefficient (Wildman–Crippen LogP) is 6.66. The molecule has 0 bridgehead atoms. The zero-order chi connectivity index (χ0) is 24.8. The number of rotatable bonds is 7. The van der Waals surface area contributed by atoms with Gasteiger partial charge in [-0.2, -0.15) is 0 Å². The number of hydrogen-bond acceptors (Lipinski definition) is 4. The third kappa shape index (κ3) is 7.87. The van der Waals surface area contributed by atoms with Crippen molar-refractivity contribution in [2.75, 3.05) is 29.7 Å². The van der Waals surface area contributed by atoms with Gasteiger partial charge in [-0.3, -0.25) is 0 Å². The summed E-state index contributed by atoms with van der Waals surface area (Å²) in [7, 11) is 0. The molecule has 4 N–H and O–H groups in total. The van der Waals surface area contributed by atoms with Crippen molar-refractivity contribution in [3.8, 4) is 0 Å². The molecule has 184 valence electrons. The lowest BCUT2D eigenvalue weighted by atomic mass is 9.62. The topological polar surface area (TPSA) is 82.3 Å². The zero-order valence-electron chi connectivity index (χ0n) is 20.7. The molecule has 0 radical (unpaired) electrons. The normalized spacial score (nSPS) is 21.4. The molecule has 0 saturated heterocycles. The second-order valence-corrected chi connectivity index (χ2v) is 11.9. The quantitative estimate of drug-likeness (QED) is 0.321. The summed E-state index contributed by atoms with van der Waals surface area (Å²) in [5.41, 5.74) is 1.48. The second kappa shape index (κ2) is 11.4. The maximum atomic E-state index is 12.7. The van der Waals surface area contributed by atoms with E-state index in [1.165, 1.54) is 0 Å². The van der Waals surface area contributed by atoms with E-state index >= 15 is 0 Å². The van der Waals surface area contributed by atoms with E-state index in [4.69, 9.17) is 0 Å². The first-order valence-electron chi connectivity index (χ1n) is 11.5. The van der Waals surface area contributed by atoms with Crippen LogP contribution in [0.1, 0.15) is 40.0 Å². The van der Waals surface area contributed by atoms with Gasteiger partial charge in [0.1, 0.15) is 0 Å². The number of carbonyl (C=O) groups excluding carboxylic acids is 2. The van der Waals surface area contributed by atoms with Crippen molar-refractivity contribution in [1.82, 2.24) is 10.6 Å². The molecule has 8 heteroatoms. The van der Waals surface area contributed by atoms with Crippen LogP contribution in [0.5, 0.6) is 0 Å². The highest BCUT2D eigenvalue weighted by Crippen LogP contribution is 2.45. The van der Waals surface area contributed by atoms with Crippen molar-refractivity contribution in [2.45, 2.75) is 55.9 Å². The Morgan fingerprint density at radius 2 is 1.44 bits per heavy atom. The smallest absolute Gasteiger partial charge is 0.319 e. The largest absolute Gasteiger partial charge is 0.337 e. The third-order valence-electron chi connectivity index (χ3n) is 6.11. The Balaban J connectivity index is 1.57. The molecule has 6 nitrogen and oxygen atoms in total. The molecule has 0 unspecified atom stereocenters. The van der Waals surface area contributed by atoms with Crippen LogP contribution >= 0.6 is 23.5 Å². The van der Waals surface area contributed by atoms with Gasteiger partial charge in [0.15, 0.2) is 0 Å². The molecule has 0 aliphatic heterocycles. The first kappa shape index (κ1) is 26.3. The number of amides is 4. The van der Waals surface area contributed by atoms with Crippen LogP contribution in [0.4, 0.5) is 21.0 Å². The number of urea groups is 2. The van der Waals surface area contributed by atoms with E-state index in [0.717, 1.165) is 40.4 Å². The number of benzene rings is 2. The molecule has 4 amide bonds. The van der Waals surface area contributed by atoms with Crippen LogP contribution in [0.25, 0.3) is 0 Å². The lowest BCUT2D eigenvalue weighted by Gasteiger charge is -2.46. The number of thioether (sulfide) groups is 2. The molecule has 1 aliphatic carbocycles. The minimum Gasteiger partial charge on any atom is -0.337 e. The van der Waals surface area contributed by atoms with Gasteiger partial charge >= 0.3 is 12.1 Å². The van der Waals surface area contributed by atoms with Crippen LogP contribution in [-0.4, -0.2) is 37.2 Å². The average molecular weight is 501 g/mol. The van der Waals surface area contributed by atoms with E-state index in [1.54, 1.807) is 23.5 Å². The summed E-state index contributed by atoms with van der Waals surface area (Å²) >= 11 is 3.28. The van der Waals surface area contributed by atoms with E-state index in [2.05, 4.69) is 42.0 Å². The summed E-state index contributed by atoms with van der Waals surface area (Å²) < 4.78 is 0. The van der Waals surface area contributed by atoms with Gasteiger partial charge in [0.05, 0.1) is 0 Å². The van der Waals surface area contributed by atoms with Gasteiger partial charge in [0.25, 0.3) is 0 Å². The van der Waals surface area contributed by atoms with Gasteiger partial charge in [-0.15, -0.1) is 23.5 Å². The van der Waals surface area contributed by atoms with Crippen molar-refractivity contribution < 1.29 is 9.59 Å². The maximum absolute atomic E-state index is 12.7. The van der Waals surface area contributed by atoms with Crippen molar-refractivity contribution in [1.29, 1.82) is 0 Å². The molecule has 1 fully saturated rings. The lowest BCUT2D eigenvalue weighted by Crippen LogP contribution is -2.51. The van der Waals surface area contributed by atoms with Crippen LogP contribution < -0.4 is 21.3 Å². The van der Waals surface area contributed by atoms with Crippen molar-refractivity contribution in [3.05, 3.63) is 48.5 Å². The van der Waals surface area contributed by atoms with Crippen molar-refractivity contribution >= 4 is 47.0 Å². The molecule has 2 aromatic carbocycles. The standard InChI is InChI=1S/C26H36N4O2S2/c1-25(2)14-20(30-24(32)29-19-9-7-11-22(13-19)34-5)15-26(3,16-25)17-27-23(31)28-18-8-6-10-21(12-18)33-4/h6-13,20H,14-17H2,1-5H3,(H2,27,28,31)(H2,29,30,32)/t20-,26-/m1/s1. The summed E-state index contributed by atoms with van der Waals surface area (Å²) in [5.74, 6) is 0. The van der Waals surface area contributed by atoms with Gasteiger partial charge < -0.3 is 21.3 Å². The Bertz CT molecular complexity index is 1010. The molecule has 0 aromatic heterocycles. The Morgan fingerprint density at radius 3 is 2.00 bits per heavy atom. The Morgan fingerprint density at radius 1 is 0.882 bits per heavy atom. The monoisotopic (exact) mass is 500 g/mol. The van der Waals surface area contributed by atoms with Gasteiger partial charge in [-0.25, -0.2) is 9.59 Å². The van der Waals surface area contributed by atoms with Crippen LogP contribution in [0, 0.1) is 10.8 Å². The van der Waals surface area contributed by atoms with Crippen molar-refractivity contribution in [3.63, 3.8) is 0 Å². The van der Waals surface area contributed by atoms with Crippen LogP contribution in [0.3, 0.4) is 0 Å². The highest BCUT2D eigenvalue weighted by molar-refractivity contribution is 7.98. The average Bonchev–Trinajstić information content (AvgIpc) is 2.76. The van der Waals surface area contributed by atoms with Crippen LogP contribution in [-0.2, 0) is 0 Å². The molecule has 1 aliphatic rings. The molecule has 1 saturated carbocycles. The molecule has 2 atom stereocenters. The maximum Gasteiger partial charge on any atom is 0.319 e. The minimum absolute atomic E-state index is 0.0283. The van der Waals surface area contributed by atoms with Crippen molar-refractivity contribution in [2.24, 2.45) is 10.8 Å². The van der Waals surface area contributed by atoms with Gasteiger partial charge in [-0.1, -0.05) is 32.9 Å². The summed E-state index contributed by atoms with van der Waals surface area (Å²) in [6, 6.07) is 15.2. The number of nitrogens with one attached hydrogen (secondary N) is 4.